The molecule has 2 aliphatic carbocycles. The number of hydrogen-bond acceptors (Lipinski definition) is 4. The molecule has 3 aliphatic rings. The van der Waals surface area contributed by atoms with Crippen molar-refractivity contribution in [1.29, 1.82) is 0 Å². The lowest BCUT2D eigenvalue weighted by Crippen LogP contribution is -2.49. The highest BCUT2D eigenvalue weighted by molar-refractivity contribution is 9.10. The van der Waals surface area contributed by atoms with Gasteiger partial charge in [-0.3, -0.25) is 14.7 Å². The summed E-state index contributed by atoms with van der Waals surface area (Å²) >= 11 is 3.63. The maximum atomic E-state index is 14.3. The summed E-state index contributed by atoms with van der Waals surface area (Å²) in [5, 5.41) is 3.59. The molecule has 0 unspecified atom stereocenters. The molecule has 1 N–H and O–H groups in total. The molecule has 41 heavy (non-hydrogen) atoms. The van der Waals surface area contributed by atoms with Gasteiger partial charge in [-0.1, -0.05) is 49.7 Å². The topological polar surface area (TPSA) is 48.5 Å². The van der Waals surface area contributed by atoms with Crippen LogP contribution >= 0.6 is 15.9 Å². The van der Waals surface area contributed by atoms with Crippen molar-refractivity contribution < 1.29 is 18.0 Å². The number of benzene rings is 1. The second-order valence-electron chi connectivity index (χ2n) is 12.8. The smallest absolute Gasteiger partial charge is 0.337 e. The zero-order valence-corrected chi connectivity index (χ0v) is 26.1. The number of aryl methyl sites for hydroxylation is 1. The summed E-state index contributed by atoms with van der Waals surface area (Å²) in [5.74, 6) is 0.220. The molecule has 0 radical (unpaired) electrons. The number of carbonyl (C=O) groups excluding carboxylic acids is 1. The summed E-state index contributed by atoms with van der Waals surface area (Å²) in [6.07, 6.45) is 1.59. The number of pyridine rings is 1. The molecule has 9 heteroatoms. The highest BCUT2D eigenvalue weighted by Crippen LogP contribution is 2.50. The van der Waals surface area contributed by atoms with Crippen LogP contribution in [-0.4, -0.2) is 52.4 Å². The van der Waals surface area contributed by atoms with Crippen LogP contribution in [0, 0.1) is 11.3 Å². The van der Waals surface area contributed by atoms with E-state index >= 15 is 0 Å². The van der Waals surface area contributed by atoms with E-state index in [1.807, 2.05) is 0 Å². The lowest BCUT2D eigenvalue weighted by molar-refractivity contribution is -0.146. The van der Waals surface area contributed by atoms with E-state index in [2.05, 4.69) is 77.0 Å². The van der Waals surface area contributed by atoms with Crippen LogP contribution in [0.1, 0.15) is 87.4 Å². The Balaban J connectivity index is 1.38. The van der Waals surface area contributed by atoms with E-state index in [0.29, 0.717) is 36.3 Å². The number of rotatable bonds is 8. The predicted octanol–water partition coefficient (Wildman–Crippen LogP) is 6.93. The molecule has 5 nitrogen and oxygen atoms in total. The fourth-order valence-corrected chi connectivity index (χ4v) is 7.76. The third-order valence-corrected chi connectivity index (χ3v) is 10.1. The maximum Gasteiger partial charge on any atom is 0.417 e. The number of halogens is 4. The van der Waals surface area contributed by atoms with Gasteiger partial charge in [0.1, 0.15) is 0 Å². The average molecular weight is 636 g/mol. The zero-order valence-electron chi connectivity index (χ0n) is 24.5. The second kappa shape index (κ2) is 12.0. The number of carbonyl (C=O) groups is 1. The molecule has 2 heterocycles. The fourth-order valence-electron chi connectivity index (χ4n) is 7.35. The molecule has 0 bridgehead atoms. The molecular formula is C32H42BrF3N4O. The first-order chi connectivity index (χ1) is 19.4. The summed E-state index contributed by atoms with van der Waals surface area (Å²) in [7, 11) is 0. The van der Waals surface area contributed by atoms with Crippen molar-refractivity contribution in [3.8, 4) is 0 Å². The fraction of sp³-hybridized carbons (Fsp3) is 0.625. The van der Waals surface area contributed by atoms with Gasteiger partial charge in [-0.25, -0.2) is 0 Å². The van der Waals surface area contributed by atoms with Crippen molar-refractivity contribution in [2.24, 2.45) is 11.3 Å². The number of hydrogen-bond donors (Lipinski definition) is 1. The molecule has 1 aromatic heterocycles. The Hall–Kier alpha value is -1.97. The molecule has 0 saturated heterocycles. The van der Waals surface area contributed by atoms with E-state index in [0.717, 1.165) is 55.9 Å². The molecule has 1 amide bonds. The normalized spacial score (nSPS) is 24.4. The minimum Gasteiger partial charge on any atom is -0.337 e. The molecular weight excluding hydrogens is 593 g/mol. The maximum absolute atomic E-state index is 14.3. The van der Waals surface area contributed by atoms with Crippen molar-refractivity contribution in [1.82, 2.24) is 20.1 Å². The summed E-state index contributed by atoms with van der Waals surface area (Å²) < 4.78 is 41.3. The van der Waals surface area contributed by atoms with Crippen molar-refractivity contribution in [3.63, 3.8) is 0 Å². The van der Waals surface area contributed by atoms with Crippen molar-refractivity contribution >= 4 is 21.8 Å². The standard InChI is InChI=1S/C32H42BrF3N4O/c1-20(2)31(30(41)39-13-10-28-23(19-39)15-24(18-38-28)32(34,35)36)11-9-26(17-31)40(14-12-37-21(3)4)29-8-5-22-16-25(33)6-7-27(22)29/h6-7,15-16,18,20-21,26,29,37H,5,8-14,17,19H2,1-4H3/t26-,29-,31+/m1/s1. The van der Waals surface area contributed by atoms with Gasteiger partial charge in [-0.2, -0.15) is 13.2 Å². The van der Waals surface area contributed by atoms with Crippen LogP contribution in [0.2, 0.25) is 0 Å². The first-order valence-corrected chi connectivity index (χ1v) is 15.8. The van der Waals surface area contributed by atoms with E-state index in [4.69, 9.17) is 0 Å². The SMILES string of the molecule is CC(C)NCCN([C@@H]1CC[C@@](C(=O)N2CCc3ncc(C(F)(F)F)cc3C2)(C(C)C)C1)[C@@H]1CCc2cc(Br)ccc21. The Kier molecular flexibility index (Phi) is 8.89. The Morgan fingerprint density at radius 1 is 1.17 bits per heavy atom. The first-order valence-electron chi connectivity index (χ1n) is 15.0. The Morgan fingerprint density at radius 3 is 2.66 bits per heavy atom. The van der Waals surface area contributed by atoms with Gasteiger partial charge in [0.05, 0.1) is 11.0 Å². The summed E-state index contributed by atoms with van der Waals surface area (Å²) in [4.78, 5) is 22.9. The van der Waals surface area contributed by atoms with Crippen LogP contribution < -0.4 is 5.32 Å². The van der Waals surface area contributed by atoms with Crippen LogP contribution in [0.5, 0.6) is 0 Å². The van der Waals surface area contributed by atoms with E-state index in [1.54, 1.807) is 4.90 Å². The lowest BCUT2D eigenvalue weighted by Gasteiger charge is -2.41. The number of nitrogens with zero attached hydrogens (tertiary/aromatic N) is 3. The van der Waals surface area contributed by atoms with Gasteiger partial charge in [0.15, 0.2) is 0 Å². The predicted molar refractivity (Wildman–Crippen MR) is 158 cm³/mol. The van der Waals surface area contributed by atoms with Crippen LogP contribution in [0.4, 0.5) is 13.2 Å². The molecule has 1 aromatic carbocycles. The Bertz CT molecular complexity index is 1270. The van der Waals surface area contributed by atoms with Gasteiger partial charge < -0.3 is 10.2 Å². The minimum absolute atomic E-state index is 0.0917. The first kappa shape index (κ1) is 30.5. The number of aromatic nitrogens is 1. The molecule has 0 spiro atoms. The van der Waals surface area contributed by atoms with Crippen LogP contribution in [0.25, 0.3) is 0 Å². The highest BCUT2D eigenvalue weighted by Gasteiger charge is 2.51. The molecule has 3 atom stereocenters. The molecule has 224 valence electrons. The molecule has 5 rings (SSSR count). The molecule has 1 saturated carbocycles. The quantitative estimate of drug-likeness (QED) is 0.342. The zero-order chi connectivity index (χ0) is 29.5. The number of amides is 1. The summed E-state index contributed by atoms with van der Waals surface area (Å²) in [6.45, 7) is 11.1. The largest absolute Gasteiger partial charge is 0.417 e. The van der Waals surface area contributed by atoms with E-state index in [1.165, 1.54) is 17.2 Å². The van der Waals surface area contributed by atoms with Gasteiger partial charge in [0.25, 0.3) is 0 Å². The Labute approximate surface area is 250 Å². The lowest BCUT2D eigenvalue weighted by atomic mass is 9.73. The monoisotopic (exact) mass is 634 g/mol. The third-order valence-electron chi connectivity index (χ3n) is 9.65. The highest BCUT2D eigenvalue weighted by atomic mass is 79.9. The molecule has 1 fully saturated rings. The number of fused-ring (bicyclic) bond motifs is 2. The minimum atomic E-state index is -4.45. The van der Waals surface area contributed by atoms with Crippen LogP contribution in [-0.2, 0) is 30.4 Å². The van der Waals surface area contributed by atoms with Gasteiger partial charge in [-0.15, -0.1) is 0 Å². The van der Waals surface area contributed by atoms with Crippen molar-refractivity contribution in [3.05, 3.63) is 62.9 Å². The molecule has 1 aliphatic heterocycles. The van der Waals surface area contributed by atoms with Crippen LogP contribution in [0.3, 0.4) is 0 Å². The summed E-state index contributed by atoms with van der Waals surface area (Å²) in [5.41, 5.74) is 2.70. The van der Waals surface area contributed by atoms with E-state index in [-0.39, 0.29) is 24.4 Å². The number of alkyl halides is 3. The van der Waals surface area contributed by atoms with Crippen molar-refractivity contribution in [2.45, 2.75) is 97.1 Å². The number of nitrogens with one attached hydrogen (secondary N) is 1. The molecule has 2 aromatic rings. The summed E-state index contributed by atoms with van der Waals surface area (Å²) in [6, 6.07) is 8.80. The second-order valence-corrected chi connectivity index (χ2v) is 13.7. The van der Waals surface area contributed by atoms with Gasteiger partial charge in [0.2, 0.25) is 5.91 Å². The van der Waals surface area contributed by atoms with Crippen molar-refractivity contribution in [2.75, 3.05) is 19.6 Å². The van der Waals surface area contributed by atoms with E-state index in [9.17, 15) is 18.0 Å². The average Bonchev–Trinajstić information content (AvgIpc) is 3.55. The van der Waals surface area contributed by atoms with Gasteiger partial charge >= 0.3 is 6.18 Å². The van der Waals surface area contributed by atoms with Gasteiger partial charge in [0, 0.05) is 67.1 Å². The van der Waals surface area contributed by atoms with E-state index < -0.39 is 17.2 Å². The Morgan fingerprint density at radius 2 is 1.95 bits per heavy atom. The van der Waals surface area contributed by atoms with Gasteiger partial charge in [-0.05, 0) is 72.9 Å². The third kappa shape index (κ3) is 6.23. The van der Waals surface area contributed by atoms with Crippen LogP contribution in [0.15, 0.2) is 34.9 Å².